The summed E-state index contributed by atoms with van der Waals surface area (Å²) in [4.78, 5) is 0. The first kappa shape index (κ1) is 17.8. The molecule has 4 N–H and O–H groups in total. The first-order valence-corrected chi connectivity index (χ1v) is 7.12. The Kier molecular flexibility index (Phi) is 5.66. The molecule has 130 valence electrons. The average Bonchev–Trinajstić information content (AvgIpc) is 2.55. The molecule has 1 aliphatic rings. The Morgan fingerprint density at radius 1 is 1.00 bits per heavy atom. The van der Waals surface area contributed by atoms with Crippen molar-refractivity contribution in [1.82, 2.24) is 0 Å². The largest absolute Gasteiger partial charge is 0.493 e. The van der Waals surface area contributed by atoms with E-state index in [-0.39, 0.29) is 5.75 Å². The van der Waals surface area contributed by atoms with Crippen LogP contribution in [0, 0.1) is 6.92 Å². The van der Waals surface area contributed by atoms with E-state index >= 15 is 0 Å². The minimum absolute atomic E-state index is 0.185. The number of aliphatic hydroxyl groups excluding tert-OH is 4. The van der Waals surface area contributed by atoms with Gasteiger partial charge in [0, 0.05) is 0 Å². The number of benzene rings is 1. The van der Waals surface area contributed by atoms with Gasteiger partial charge in [0.2, 0.25) is 12.0 Å². The Bertz CT molecular complexity index is 507. The molecule has 1 heterocycles. The lowest BCUT2D eigenvalue weighted by Crippen LogP contribution is -2.60. The summed E-state index contributed by atoms with van der Waals surface area (Å²) in [6.45, 7) is 1.32. The maximum absolute atomic E-state index is 10.0. The Morgan fingerprint density at radius 3 is 2.04 bits per heavy atom. The van der Waals surface area contributed by atoms with Crippen molar-refractivity contribution in [3.63, 3.8) is 0 Å². The van der Waals surface area contributed by atoms with E-state index in [0.717, 1.165) is 5.56 Å². The molecule has 8 nitrogen and oxygen atoms in total. The summed E-state index contributed by atoms with van der Waals surface area (Å²) < 4.78 is 21.4. The molecule has 0 unspecified atom stereocenters. The van der Waals surface area contributed by atoms with Gasteiger partial charge in [0.05, 0.1) is 20.8 Å². The van der Waals surface area contributed by atoms with Crippen molar-refractivity contribution in [2.24, 2.45) is 0 Å². The Balaban J connectivity index is 2.30. The van der Waals surface area contributed by atoms with Gasteiger partial charge in [0.1, 0.15) is 24.4 Å². The lowest BCUT2D eigenvalue weighted by Gasteiger charge is -2.39. The zero-order valence-corrected chi connectivity index (χ0v) is 13.2. The maximum atomic E-state index is 10.0. The van der Waals surface area contributed by atoms with Gasteiger partial charge in [-0.1, -0.05) is 0 Å². The third-order valence-electron chi connectivity index (χ3n) is 3.69. The number of methoxy groups -OCH3 is 2. The van der Waals surface area contributed by atoms with Crippen LogP contribution in [0.5, 0.6) is 17.2 Å². The van der Waals surface area contributed by atoms with Crippen LogP contribution in [-0.4, -0.2) is 72.0 Å². The molecule has 1 fully saturated rings. The van der Waals surface area contributed by atoms with Crippen LogP contribution in [0.1, 0.15) is 5.56 Å². The molecule has 1 saturated heterocycles. The molecule has 0 amide bonds. The standard InChI is InChI=1S/C15H22O8/c1-7-4-8(20-2)14(9(5-7)21-3)23-15-13(19)12(18)11(17)10(6-16)22-15/h4-5,10-13,15-19H,6H2,1-3H3/t10-,11-,12+,13-,15-/m1/s1. The van der Waals surface area contributed by atoms with Crippen LogP contribution in [0.2, 0.25) is 0 Å². The van der Waals surface area contributed by atoms with E-state index in [9.17, 15) is 20.4 Å². The molecule has 0 saturated carbocycles. The maximum Gasteiger partial charge on any atom is 0.229 e. The monoisotopic (exact) mass is 330 g/mol. The fourth-order valence-corrected chi connectivity index (χ4v) is 2.41. The van der Waals surface area contributed by atoms with Crippen molar-refractivity contribution in [2.45, 2.75) is 37.6 Å². The second-order valence-electron chi connectivity index (χ2n) is 5.31. The summed E-state index contributed by atoms with van der Waals surface area (Å²) in [5.74, 6) is 0.905. The van der Waals surface area contributed by atoms with Crippen LogP contribution in [0.25, 0.3) is 0 Å². The van der Waals surface area contributed by atoms with E-state index in [0.29, 0.717) is 11.5 Å². The Hall–Kier alpha value is -1.58. The van der Waals surface area contributed by atoms with E-state index in [4.69, 9.17) is 18.9 Å². The quantitative estimate of drug-likeness (QED) is 0.554. The molecule has 1 aromatic rings. The van der Waals surface area contributed by atoms with Crippen molar-refractivity contribution >= 4 is 0 Å². The molecule has 5 atom stereocenters. The van der Waals surface area contributed by atoms with Crippen LogP contribution in [0.4, 0.5) is 0 Å². The molecule has 0 bridgehead atoms. The molecule has 0 spiro atoms. The average molecular weight is 330 g/mol. The van der Waals surface area contributed by atoms with Gasteiger partial charge in [-0.15, -0.1) is 0 Å². The minimum Gasteiger partial charge on any atom is -0.493 e. The fourth-order valence-electron chi connectivity index (χ4n) is 2.41. The molecule has 0 radical (unpaired) electrons. The molecule has 2 rings (SSSR count). The predicted molar refractivity (Wildman–Crippen MR) is 78.7 cm³/mol. The molecular formula is C15H22O8. The molecule has 0 aromatic heterocycles. The van der Waals surface area contributed by atoms with Crippen LogP contribution < -0.4 is 14.2 Å². The van der Waals surface area contributed by atoms with Crippen LogP contribution >= 0.6 is 0 Å². The summed E-state index contributed by atoms with van der Waals surface area (Å²) in [5, 5.41) is 38.8. The SMILES string of the molecule is COc1cc(C)cc(OC)c1O[C@H]1O[C@H](CO)[C@@H](O)[C@H](O)[C@H]1O. The molecule has 8 heteroatoms. The lowest BCUT2D eigenvalue weighted by atomic mass is 9.99. The Morgan fingerprint density at radius 2 is 1.57 bits per heavy atom. The molecule has 1 aromatic carbocycles. The number of hydrogen-bond donors (Lipinski definition) is 4. The van der Waals surface area contributed by atoms with Gasteiger partial charge in [-0.3, -0.25) is 0 Å². The third-order valence-corrected chi connectivity index (χ3v) is 3.69. The van der Waals surface area contributed by atoms with Crippen molar-refractivity contribution in [3.8, 4) is 17.2 Å². The number of hydrogen-bond acceptors (Lipinski definition) is 8. The molecule has 0 aliphatic carbocycles. The number of rotatable bonds is 5. The normalized spacial score (nSPS) is 30.8. The van der Waals surface area contributed by atoms with Crippen LogP contribution in [-0.2, 0) is 4.74 Å². The number of aliphatic hydroxyl groups is 4. The van der Waals surface area contributed by atoms with E-state index < -0.39 is 37.3 Å². The highest BCUT2D eigenvalue weighted by Crippen LogP contribution is 2.40. The van der Waals surface area contributed by atoms with Gasteiger partial charge < -0.3 is 39.4 Å². The molecule has 23 heavy (non-hydrogen) atoms. The molecular weight excluding hydrogens is 308 g/mol. The number of ether oxygens (including phenoxy) is 4. The minimum atomic E-state index is -1.52. The number of aryl methyl sites for hydroxylation is 1. The van der Waals surface area contributed by atoms with Crippen molar-refractivity contribution in [3.05, 3.63) is 17.7 Å². The summed E-state index contributed by atoms with van der Waals surface area (Å²) in [6.07, 6.45) is -6.84. The zero-order chi connectivity index (χ0) is 17.1. The van der Waals surface area contributed by atoms with Crippen LogP contribution in [0.15, 0.2) is 12.1 Å². The summed E-state index contributed by atoms with van der Waals surface area (Å²) >= 11 is 0. The Labute approximate surface area is 133 Å². The van der Waals surface area contributed by atoms with E-state index in [1.54, 1.807) is 12.1 Å². The van der Waals surface area contributed by atoms with Gasteiger partial charge in [-0.05, 0) is 24.6 Å². The highest BCUT2D eigenvalue weighted by molar-refractivity contribution is 5.53. The van der Waals surface area contributed by atoms with Crippen molar-refractivity contribution in [2.75, 3.05) is 20.8 Å². The summed E-state index contributed by atoms with van der Waals surface area (Å²) in [5.41, 5.74) is 0.875. The topological polar surface area (TPSA) is 118 Å². The first-order chi connectivity index (χ1) is 10.9. The fraction of sp³-hybridized carbons (Fsp3) is 0.600. The zero-order valence-electron chi connectivity index (χ0n) is 13.2. The van der Waals surface area contributed by atoms with E-state index in [1.165, 1.54) is 14.2 Å². The lowest BCUT2D eigenvalue weighted by molar-refractivity contribution is -0.277. The molecule has 1 aliphatic heterocycles. The summed E-state index contributed by atoms with van der Waals surface area (Å²) in [6, 6.07) is 3.42. The van der Waals surface area contributed by atoms with Gasteiger partial charge in [0.15, 0.2) is 11.5 Å². The summed E-state index contributed by atoms with van der Waals surface area (Å²) in [7, 11) is 2.91. The second-order valence-corrected chi connectivity index (χ2v) is 5.31. The van der Waals surface area contributed by atoms with E-state index in [1.807, 2.05) is 6.92 Å². The third kappa shape index (κ3) is 3.51. The van der Waals surface area contributed by atoms with Crippen molar-refractivity contribution in [1.29, 1.82) is 0 Å². The van der Waals surface area contributed by atoms with E-state index in [2.05, 4.69) is 0 Å². The highest BCUT2D eigenvalue weighted by Gasteiger charge is 2.45. The smallest absolute Gasteiger partial charge is 0.229 e. The van der Waals surface area contributed by atoms with Gasteiger partial charge in [0.25, 0.3) is 0 Å². The van der Waals surface area contributed by atoms with Crippen molar-refractivity contribution < 1.29 is 39.4 Å². The van der Waals surface area contributed by atoms with Crippen LogP contribution in [0.3, 0.4) is 0 Å². The second kappa shape index (κ2) is 7.33. The van der Waals surface area contributed by atoms with Gasteiger partial charge in [-0.2, -0.15) is 0 Å². The first-order valence-electron chi connectivity index (χ1n) is 7.12. The highest BCUT2D eigenvalue weighted by atomic mass is 16.7. The predicted octanol–water partition coefficient (Wildman–Crippen LogP) is -0.809. The van der Waals surface area contributed by atoms with Gasteiger partial charge in [-0.25, -0.2) is 0 Å². The van der Waals surface area contributed by atoms with Gasteiger partial charge >= 0.3 is 0 Å².